The highest BCUT2D eigenvalue weighted by Crippen LogP contribution is 2.23. The van der Waals surface area contributed by atoms with Crippen LogP contribution >= 0.6 is 0 Å². The standard InChI is InChI=1S/C17H19N3O2/c1-22-14-9-7-13(8-10-14)18-17(21)16-11-15(19-20-16)12-5-3-2-4-6-12/h2-10,15-16,19-20H,11H2,1H3,(H,18,21). The van der Waals surface area contributed by atoms with E-state index in [0.717, 1.165) is 11.4 Å². The van der Waals surface area contributed by atoms with Crippen LogP contribution in [0.1, 0.15) is 18.0 Å². The maximum absolute atomic E-state index is 12.3. The van der Waals surface area contributed by atoms with Crippen molar-refractivity contribution in [2.24, 2.45) is 0 Å². The van der Waals surface area contributed by atoms with Crippen LogP contribution in [0.15, 0.2) is 54.6 Å². The molecule has 3 rings (SSSR count). The molecule has 1 fully saturated rings. The minimum absolute atomic E-state index is 0.0453. The van der Waals surface area contributed by atoms with Crippen molar-refractivity contribution in [1.29, 1.82) is 0 Å². The van der Waals surface area contributed by atoms with Crippen LogP contribution in [0.25, 0.3) is 0 Å². The summed E-state index contributed by atoms with van der Waals surface area (Å²) in [6, 6.07) is 17.3. The van der Waals surface area contributed by atoms with E-state index in [1.165, 1.54) is 5.56 Å². The number of nitrogens with one attached hydrogen (secondary N) is 3. The molecule has 1 aliphatic rings. The fourth-order valence-corrected chi connectivity index (χ4v) is 2.54. The molecule has 1 aliphatic heterocycles. The molecule has 0 radical (unpaired) electrons. The van der Waals surface area contributed by atoms with Crippen molar-refractivity contribution in [3.8, 4) is 5.75 Å². The molecule has 2 atom stereocenters. The van der Waals surface area contributed by atoms with Gasteiger partial charge in [-0.3, -0.25) is 4.79 Å². The third-order valence-electron chi connectivity index (χ3n) is 3.78. The summed E-state index contributed by atoms with van der Waals surface area (Å²) in [5, 5.41) is 2.91. The average Bonchev–Trinajstić information content (AvgIpc) is 3.06. The van der Waals surface area contributed by atoms with Crippen molar-refractivity contribution in [3.63, 3.8) is 0 Å². The fraction of sp³-hybridized carbons (Fsp3) is 0.235. The van der Waals surface area contributed by atoms with E-state index < -0.39 is 0 Å². The Morgan fingerprint density at radius 2 is 1.82 bits per heavy atom. The van der Waals surface area contributed by atoms with Crippen molar-refractivity contribution in [2.45, 2.75) is 18.5 Å². The first kappa shape index (κ1) is 14.6. The molecule has 0 aliphatic carbocycles. The van der Waals surface area contributed by atoms with Gasteiger partial charge in [0.15, 0.2) is 0 Å². The van der Waals surface area contributed by atoms with Crippen molar-refractivity contribution in [3.05, 3.63) is 60.2 Å². The largest absolute Gasteiger partial charge is 0.497 e. The Balaban J connectivity index is 1.59. The van der Waals surface area contributed by atoms with Crippen LogP contribution in [0.5, 0.6) is 5.75 Å². The maximum Gasteiger partial charge on any atom is 0.242 e. The van der Waals surface area contributed by atoms with Gasteiger partial charge in [-0.2, -0.15) is 0 Å². The summed E-state index contributed by atoms with van der Waals surface area (Å²) in [6.45, 7) is 0. The Labute approximate surface area is 129 Å². The highest BCUT2D eigenvalue weighted by Gasteiger charge is 2.29. The number of carbonyl (C=O) groups excluding carboxylic acids is 1. The summed E-state index contributed by atoms with van der Waals surface area (Å²) >= 11 is 0. The number of rotatable bonds is 4. The molecule has 0 aromatic heterocycles. The van der Waals surface area contributed by atoms with Gasteiger partial charge in [-0.1, -0.05) is 30.3 Å². The molecule has 5 heteroatoms. The second kappa shape index (κ2) is 6.60. The lowest BCUT2D eigenvalue weighted by Gasteiger charge is -2.11. The third kappa shape index (κ3) is 3.27. The van der Waals surface area contributed by atoms with Gasteiger partial charge in [-0.15, -0.1) is 0 Å². The Morgan fingerprint density at radius 3 is 2.50 bits per heavy atom. The lowest BCUT2D eigenvalue weighted by molar-refractivity contribution is -0.117. The second-order valence-electron chi connectivity index (χ2n) is 5.26. The van der Waals surface area contributed by atoms with Crippen LogP contribution in [-0.2, 0) is 4.79 Å². The Morgan fingerprint density at radius 1 is 1.09 bits per heavy atom. The van der Waals surface area contributed by atoms with Crippen molar-refractivity contribution >= 4 is 11.6 Å². The minimum atomic E-state index is -0.257. The van der Waals surface area contributed by atoms with Crippen LogP contribution in [0, 0.1) is 0 Å². The fourth-order valence-electron chi connectivity index (χ4n) is 2.54. The van der Waals surface area contributed by atoms with Gasteiger partial charge in [0.2, 0.25) is 5.91 Å². The smallest absolute Gasteiger partial charge is 0.242 e. The molecule has 0 spiro atoms. The lowest BCUT2D eigenvalue weighted by atomic mass is 10.0. The summed E-state index contributed by atoms with van der Waals surface area (Å²) in [6.07, 6.45) is 0.714. The molecule has 22 heavy (non-hydrogen) atoms. The molecule has 2 aromatic rings. The normalized spacial score (nSPS) is 20.6. The number of hydrogen-bond donors (Lipinski definition) is 3. The molecular weight excluding hydrogens is 278 g/mol. The van der Waals surface area contributed by atoms with Gasteiger partial charge >= 0.3 is 0 Å². The molecule has 1 saturated heterocycles. The van der Waals surface area contributed by atoms with Crippen LogP contribution in [-0.4, -0.2) is 19.1 Å². The Kier molecular flexibility index (Phi) is 4.37. The second-order valence-corrected chi connectivity index (χ2v) is 5.26. The summed E-state index contributed by atoms with van der Waals surface area (Å²) in [7, 11) is 1.62. The van der Waals surface area contributed by atoms with Gasteiger partial charge in [-0.05, 0) is 36.2 Å². The first-order valence-electron chi connectivity index (χ1n) is 7.27. The molecule has 0 bridgehead atoms. The molecular formula is C17H19N3O2. The summed E-state index contributed by atoms with van der Waals surface area (Å²) < 4.78 is 5.10. The highest BCUT2D eigenvalue weighted by molar-refractivity contribution is 5.95. The van der Waals surface area contributed by atoms with E-state index in [-0.39, 0.29) is 18.0 Å². The molecule has 5 nitrogen and oxygen atoms in total. The van der Waals surface area contributed by atoms with E-state index in [4.69, 9.17) is 4.74 Å². The molecule has 1 heterocycles. The van der Waals surface area contributed by atoms with Crippen LogP contribution in [0.3, 0.4) is 0 Å². The van der Waals surface area contributed by atoms with Gasteiger partial charge in [0, 0.05) is 11.7 Å². The molecule has 2 unspecified atom stereocenters. The number of amides is 1. The Hall–Kier alpha value is -2.37. The zero-order valence-corrected chi connectivity index (χ0v) is 12.4. The van der Waals surface area contributed by atoms with E-state index in [2.05, 4.69) is 28.3 Å². The highest BCUT2D eigenvalue weighted by atomic mass is 16.5. The monoisotopic (exact) mass is 297 g/mol. The molecule has 3 N–H and O–H groups in total. The number of hydrazine groups is 1. The number of carbonyl (C=O) groups is 1. The van der Waals surface area contributed by atoms with Crippen LogP contribution < -0.4 is 20.9 Å². The van der Waals surface area contributed by atoms with Crippen LogP contribution in [0.4, 0.5) is 5.69 Å². The number of ether oxygens (including phenoxy) is 1. The molecule has 2 aromatic carbocycles. The first-order valence-corrected chi connectivity index (χ1v) is 7.27. The van der Waals surface area contributed by atoms with Gasteiger partial charge in [0.25, 0.3) is 0 Å². The molecule has 1 amide bonds. The van der Waals surface area contributed by atoms with E-state index in [0.29, 0.717) is 6.42 Å². The van der Waals surface area contributed by atoms with E-state index >= 15 is 0 Å². The van der Waals surface area contributed by atoms with Gasteiger partial charge in [-0.25, -0.2) is 10.9 Å². The van der Waals surface area contributed by atoms with Crippen molar-refractivity contribution in [2.75, 3.05) is 12.4 Å². The zero-order valence-electron chi connectivity index (χ0n) is 12.4. The zero-order chi connectivity index (χ0) is 15.4. The number of hydrogen-bond acceptors (Lipinski definition) is 4. The van der Waals surface area contributed by atoms with E-state index in [9.17, 15) is 4.79 Å². The number of benzene rings is 2. The molecule has 114 valence electrons. The van der Waals surface area contributed by atoms with Gasteiger partial charge in [0.1, 0.15) is 11.8 Å². The summed E-state index contributed by atoms with van der Waals surface area (Å²) in [5.74, 6) is 0.721. The van der Waals surface area contributed by atoms with Gasteiger partial charge in [0.05, 0.1) is 7.11 Å². The first-order chi connectivity index (χ1) is 10.8. The predicted octanol–water partition coefficient (Wildman–Crippen LogP) is 2.24. The SMILES string of the molecule is COc1ccc(NC(=O)C2CC(c3ccccc3)NN2)cc1. The number of anilines is 1. The summed E-state index contributed by atoms with van der Waals surface area (Å²) in [5.41, 5.74) is 8.17. The minimum Gasteiger partial charge on any atom is -0.497 e. The summed E-state index contributed by atoms with van der Waals surface area (Å²) in [4.78, 5) is 12.3. The predicted molar refractivity (Wildman–Crippen MR) is 85.5 cm³/mol. The quantitative estimate of drug-likeness (QED) is 0.810. The molecule has 0 saturated carbocycles. The Bertz CT molecular complexity index is 628. The average molecular weight is 297 g/mol. The van der Waals surface area contributed by atoms with Crippen molar-refractivity contribution < 1.29 is 9.53 Å². The topological polar surface area (TPSA) is 62.4 Å². The third-order valence-corrected chi connectivity index (χ3v) is 3.78. The van der Waals surface area contributed by atoms with Crippen molar-refractivity contribution in [1.82, 2.24) is 10.9 Å². The van der Waals surface area contributed by atoms with E-state index in [1.54, 1.807) is 7.11 Å². The van der Waals surface area contributed by atoms with E-state index in [1.807, 2.05) is 42.5 Å². The van der Waals surface area contributed by atoms with Crippen LogP contribution in [0.2, 0.25) is 0 Å². The maximum atomic E-state index is 12.3. The van der Waals surface area contributed by atoms with Gasteiger partial charge < -0.3 is 10.1 Å². The number of methoxy groups -OCH3 is 1. The lowest BCUT2D eigenvalue weighted by Crippen LogP contribution is -2.39.